The van der Waals surface area contributed by atoms with E-state index in [-0.39, 0.29) is 19.4 Å². The number of phosphoric acid groups is 1. The Hall–Kier alpha value is -1.81. The van der Waals surface area contributed by atoms with Crippen LogP contribution in [-0.2, 0) is 32.7 Å². The molecule has 1 unspecified atom stereocenters. The van der Waals surface area contributed by atoms with Crippen LogP contribution in [0.15, 0.2) is 36.5 Å². The third-order valence-electron chi connectivity index (χ3n) is 11.7. The number of ether oxygens (including phenoxy) is 2. The van der Waals surface area contributed by atoms with Crippen LogP contribution in [0.2, 0.25) is 0 Å². The lowest BCUT2D eigenvalue weighted by molar-refractivity contribution is -0.161. The molecule has 0 radical (unpaired) electrons. The summed E-state index contributed by atoms with van der Waals surface area (Å²) in [6, 6.07) is 0. The zero-order valence-electron chi connectivity index (χ0n) is 42.0. The Morgan fingerprint density at radius 3 is 1.20 bits per heavy atom. The van der Waals surface area contributed by atoms with Gasteiger partial charge >= 0.3 is 19.8 Å². The van der Waals surface area contributed by atoms with E-state index in [0.717, 1.165) is 44.9 Å². The maximum atomic E-state index is 12.7. The molecule has 0 saturated carbocycles. The highest BCUT2D eigenvalue weighted by Gasteiger charge is 2.27. The summed E-state index contributed by atoms with van der Waals surface area (Å²) in [6.07, 6.45) is 55.6. The van der Waals surface area contributed by atoms with Gasteiger partial charge in [0.15, 0.2) is 6.10 Å². The minimum Gasteiger partial charge on any atom is -0.462 e. The first-order valence-corrected chi connectivity index (χ1v) is 28.4. The van der Waals surface area contributed by atoms with Crippen molar-refractivity contribution in [3.8, 4) is 0 Å². The topological polar surface area (TPSA) is 149 Å². The summed E-state index contributed by atoms with van der Waals surface area (Å²) in [7, 11) is -4.63. The van der Waals surface area contributed by atoms with Gasteiger partial charge in [-0.05, 0) is 70.6 Å². The first kappa shape index (κ1) is 63.2. The highest BCUT2D eigenvalue weighted by Crippen LogP contribution is 2.43. The number of carbonyl (C=O) groups excluding carboxylic acids is 2. The smallest absolute Gasteiger partial charge is 0.462 e. The highest BCUT2D eigenvalue weighted by atomic mass is 31.2. The van der Waals surface area contributed by atoms with Crippen LogP contribution in [0.4, 0.5) is 0 Å². The van der Waals surface area contributed by atoms with Gasteiger partial charge in [0.05, 0.1) is 19.8 Å². The molecule has 0 heterocycles. The Morgan fingerprint density at radius 1 is 0.446 bits per heavy atom. The molecule has 382 valence electrons. The summed E-state index contributed by atoms with van der Waals surface area (Å²) in [4.78, 5) is 35.2. The quantitative estimate of drug-likeness (QED) is 0.0233. The molecule has 0 aliphatic carbocycles. The summed E-state index contributed by atoms with van der Waals surface area (Å²) < 4.78 is 32.9. The monoisotopic (exact) mass is 941 g/mol. The van der Waals surface area contributed by atoms with Gasteiger partial charge in [0.25, 0.3) is 0 Å². The fraction of sp³-hybridized carbons (Fsp3) is 0.852. The minimum atomic E-state index is -4.63. The van der Waals surface area contributed by atoms with E-state index in [2.05, 4.69) is 50.3 Å². The Balaban J connectivity index is 4.19. The van der Waals surface area contributed by atoms with Crippen molar-refractivity contribution in [2.45, 2.75) is 270 Å². The van der Waals surface area contributed by atoms with Gasteiger partial charge in [0.2, 0.25) is 0 Å². The minimum absolute atomic E-state index is 0.175. The van der Waals surface area contributed by atoms with Gasteiger partial charge in [-0.1, -0.05) is 211 Å². The maximum absolute atomic E-state index is 12.7. The van der Waals surface area contributed by atoms with Gasteiger partial charge in [-0.3, -0.25) is 18.6 Å². The van der Waals surface area contributed by atoms with E-state index >= 15 is 0 Å². The second-order valence-corrected chi connectivity index (χ2v) is 19.7. The fourth-order valence-electron chi connectivity index (χ4n) is 7.60. The van der Waals surface area contributed by atoms with E-state index in [1.165, 1.54) is 173 Å². The van der Waals surface area contributed by atoms with Crippen LogP contribution in [0.5, 0.6) is 0 Å². The summed E-state index contributed by atoms with van der Waals surface area (Å²) in [6.45, 7) is 2.38. The molecule has 0 aromatic carbocycles. The SMILES string of the molecule is CCCCCCCC/C=C/CCCCCCCCCCCC(=O)O[C@H](COC(=O)CCC/C=C/CC/C=C/CCCCCCCCCCCCCCCC)COP(=O)(O)OC[C@@H](O)CO. The second kappa shape index (κ2) is 50.1. The number of carbonyl (C=O) groups is 2. The number of phosphoric ester groups is 1. The van der Waals surface area contributed by atoms with Crippen molar-refractivity contribution in [3.05, 3.63) is 36.5 Å². The van der Waals surface area contributed by atoms with Crippen molar-refractivity contribution in [2.24, 2.45) is 0 Å². The molecule has 10 nitrogen and oxygen atoms in total. The van der Waals surface area contributed by atoms with Gasteiger partial charge in [0, 0.05) is 12.8 Å². The van der Waals surface area contributed by atoms with E-state index < -0.39 is 51.8 Å². The number of hydrogen-bond donors (Lipinski definition) is 3. The normalized spacial score (nSPS) is 13.9. The number of esters is 2. The van der Waals surface area contributed by atoms with Gasteiger partial charge in [-0.2, -0.15) is 0 Å². The van der Waals surface area contributed by atoms with Crippen LogP contribution in [0.1, 0.15) is 258 Å². The zero-order valence-corrected chi connectivity index (χ0v) is 42.9. The Labute approximate surface area is 399 Å². The van der Waals surface area contributed by atoms with Crippen molar-refractivity contribution < 1.29 is 47.8 Å². The molecule has 65 heavy (non-hydrogen) atoms. The molecule has 11 heteroatoms. The van der Waals surface area contributed by atoms with Crippen LogP contribution in [0.25, 0.3) is 0 Å². The van der Waals surface area contributed by atoms with Crippen LogP contribution in [0.3, 0.4) is 0 Å². The average molecular weight is 941 g/mol. The molecule has 0 rings (SSSR count). The Bertz CT molecular complexity index is 1170. The Morgan fingerprint density at radius 2 is 0.785 bits per heavy atom. The van der Waals surface area contributed by atoms with Crippen LogP contribution < -0.4 is 0 Å². The number of hydrogen-bond acceptors (Lipinski definition) is 9. The third-order valence-corrected chi connectivity index (χ3v) is 12.7. The molecule has 0 aliphatic rings. The average Bonchev–Trinajstić information content (AvgIpc) is 3.30. The molecule has 3 atom stereocenters. The van der Waals surface area contributed by atoms with E-state index in [1.807, 2.05) is 0 Å². The standard InChI is InChI=1S/C54H101O10P/c1-3-5-7-9-11-13-15-17-19-21-23-24-25-26-28-29-31-33-35-37-39-41-43-45-53(57)61-49-52(50-63-65(59,60)62-48-51(56)47-55)64-54(58)46-44-42-40-38-36-34-32-30-27-22-20-18-16-14-12-10-8-6-4-2/h18,20,29,31,37,39,51-52,55-56H,3-17,19,21-28,30,32-36,38,40-50H2,1-2H3,(H,59,60)/b20-18+,31-29+,39-37+/t51-,52+/m0/s1. The number of rotatable bonds is 51. The predicted octanol–water partition coefficient (Wildman–Crippen LogP) is 15.5. The molecule has 3 N–H and O–H groups in total. The van der Waals surface area contributed by atoms with Crippen molar-refractivity contribution in [1.82, 2.24) is 0 Å². The van der Waals surface area contributed by atoms with Crippen LogP contribution >= 0.6 is 7.82 Å². The number of unbranched alkanes of at least 4 members (excludes halogenated alkanes) is 31. The maximum Gasteiger partial charge on any atom is 0.472 e. The lowest BCUT2D eigenvalue weighted by Crippen LogP contribution is -2.29. The zero-order chi connectivity index (χ0) is 47.6. The molecule has 0 saturated heterocycles. The van der Waals surface area contributed by atoms with Gasteiger partial charge in [0.1, 0.15) is 12.7 Å². The van der Waals surface area contributed by atoms with Crippen molar-refractivity contribution in [1.29, 1.82) is 0 Å². The molecule has 0 aromatic rings. The number of allylic oxidation sites excluding steroid dienone is 6. The van der Waals surface area contributed by atoms with Crippen LogP contribution in [0, 0.1) is 0 Å². The first-order chi connectivity index (χ1) is 31.7. The highest BCUT2D eigenvalue weighted by molar-refractivity contribution is 7.47. The summed E-state index contributed by atoms with van der Waals surface area (Å²) in [5.74, 6) is -0.967. The lowest BCUT2D eigenvalue weighted by Gasteiger charge is -2.20. The molecule has 0 fully saturated rings. The van der Waals surface area contributed by atoms with E-state index in [9.17, 15) is 24.2 Å². The second-order valence-electron chi connectivity index (χ2n) is 18.2. The molecule has 0 aromatic heterocycles. The van der Waals surface area contributed by atoms with Gasteiger partial charge < -0.3 is 24.6 Å². The van der Waals surface area contributed by atoms with Gasteiger partial charge in [-0.25, -0.2) is 4.57 Å². The molecular weight excluding hydrogens is 840 g/mol. The van der Waals surface area contributed by atoms with Crippen molar-refractivity contribution in [3.63, 3.8) is 0 Å². The van der Waals surface area contributed by atoms with E-state index in [4.69, 9.17) is 23.6 Å². The molecule has 0 aliphatic heterocycles. The molecule has 0 spiro atoms. The van der Waals surface area contributed by atoms with Crippen molar-refractivity contribution >= 4 is 19.8 Å². The number of aliphatic hydroxyl groups is 2. The van der Waals surface area contributed by atoms with E-state index in [1.54, 1.807) is 0 Å². The van der Waals surface area contributed by atoms with Crippen molar-refractivity contribution in [2.75, 3.05) is 26.4 Å². The predicted molar refractivity (Wildman–Crippen MR) is 270 cm³/mol. The van der Waals surface area contributed by atoms with E-state index in [0.29, 0.717) is 12.8 Å². The third kappa shape index (κ3) is 49.9. The van der Waals surface area contributed by atoms with Crippen LogP contribution in [-0.4, -0.2) is 65.7 Å². The molecule has 0 amide bonds. The first-order valence-electron chi connectivity index (χ1n) is 26.9. The fourth-order valence-corrected chi connectivity index (χ4v) is 8.39. The van der Waals surface area contributed by atoms with Gasteiger partial charge in [-0.15, -0.1) is 0 Å². The largest absolute Gasteiger partial charge is 0.472 e. The summed E-state index contributed by atoms with van der Waals surface area (Å²) >= 11 is 0. The number of aliphatic hydroxyl groups excluding tert-OH is 2. The summed E-state index contributed by atoms with van der Waals surface area (Å²) in [5.41, 5.74) is 0. The molecule has 0 bridgehead atoms. The lowest BCUT2D eigenvalue weighted by atomic mass is 10.0. The Kier molecular flexibility index (Phi) is 48.7. The summed E-state index contributed by atoms with van der Waals surface area (Å²) in [5, 5.41) is 18.4. The molecular formula is C54H101O10P.